The van der Waals surface area contributed by atoms with Crippen LogP contribution in [0.1, 0.15) is 13.8 Å². The first-order valence-electron chi connectivity index (χ1n) is 4.96. The van der Waals surface area contributed by atoms with Gasteiger partial charge in [0, 0.05) is 22.0 Å². The molecule has 2 unspecified atom stereocenters. The average Bonchev–Trinajstić information content (AvgIpc) is 2.70. The Balaban J connectivity index is 2.07. The van der Waals surface area contributed by atoms with Crippen molar-refractivity contribution in [2.24, 2.45) is 11.3 Å². The zero-order chi connectivity index (χ0) is 11.1. The summed E-state index contributed by atoms with van der Waals surface area (Å²) in [5.41, 5.74) is -0.140. The Morgan fingerprint density at radius 2 is 1.93 bits per heavy atom. The Labute approximate surface area is 93.7 Å². The summed E-state index contributed by atoms with van der Waals surface area (Å²) in [6.45, 7) is 3.96. The van der Waals surface area contributed by atoms with E-state index >= 15 is 0 Å². The minimum absolute atomic E-state index is 0.140. The third kappa shape index (κ3) is 1.88. The second-order valence-corrected chi connectivity index (χ2v) is 5.68. The molecule has 1 saturated carbocycles. The molecule has 0 spiro atoms. The molecule has 3 heteroatoms. The van der Waals surface area contributed by atoms with Crippen molar-refractivity contribution in [1.29, 1.82) is 0 Å². The van der Waals surface area contributed by atoms with Crippen molar-refractivity contribution in [2.75, 3.05) is 0 Å². The molecule has 1 fully saturated rings. The fourth-order valence-electron chi connectivity index (χ4n) is 1.88. The summed E-state index contributed by atoms with van der Waals surface area (Å²) >= 11 is 1.63. The monoisotopic (exact) mass is 221 g/mol. The predicted octanol–water partition coefficient (Wildman–Crippen LogP) is 1.55. The van der Waals surface area contributed by atoms with Crippen molar-refractivity contribution in [1.82, 2.24) is 0 Å². The van der Waals surface area contributed by atoms with Gasteiger partial charge in [0.25, 0.3) is 0 Å². The Bertz CT molecular complexity index is 372. The normalized spacial score (nSPS) is 27.3. The molecule has 1 aliphatic rings. The fourth-order valence-corrected chi connectivity index (χ4v) is 3.46. The molecule has 0 aromatic heterocycles. The van der Waals surface area contributed by atoms with E-state index in [2.05, 4.69) is 0 Å². The van der Waals surface area contributed by atoms with E-state index in [1.165, 1.54) is 0 Å². The summed E-state index contributed by atoms with van der Waals surface area (Å²) < 4.78 is 0. The number of thioether (sulfide) groups is 1. The molecule has 1 aliphatic carbocycles. The highest BCUT2D eigenvalue weighted by Crippen LogP contribution is 2.60. The minimum Gasteiger partial charge on any atom is -0.550 e. The van der Waals surface area contributed by atoms with Crippen LogP contribution in [-0.4, -0.2) is 11.2 Å². The molecule has 2 rings (SSSR count). The first-order chi connectivity index (χ1) is 7.03. The third-order valence-electron chi connectivity index (χ3n) is 2.99. The van der Waals surface area contributed by atoms with Crippen LogP contribution in [0.15, 0.2) is 35.2 Å². The largest absolute Gasteiger partial charge is 0.550 e. The lowest BCUT2D eigenvalue weighted by molar-refractivity contribution is -0.308. The lowest BCUT2D eigenvalue weighted by Crippen LogP contribution is -2.26. The van der Waals surface area contributed by atoms with Crippen LogP contribution < -0.4 is 5.11 Å². The SMILES string of the molecule is CC1(C)C(Sc2ccccc2)C1C(=O)[O-]. The van der Waals surface area contributed by atoms with Gasteiger partial charge < -0.3 is 9.90 Å². The fraction of sp³-hybridized carbons (Fsp3) is 0.417. The van der Waals surface area contributed by atoms with E-state index in [1.54, 1.807) is 11.8 Å². The van der Waals surface area contributed by atoms with Crippen molar-refractivity contribution in [2.45, 2.75) is 24.0 Å². The quantitative estimate of drug-likeness (QED) is 0.777. The zero-order valence-electron chi connectivity index (χ0n) is 8.77. The van der Waals surface area contributed by atoms with Gasteiger partial charge in [0.15, 0.2) is 0 Å². The average molecular weight is 221 g/mol. The van der Waals surface area contributed by atoms with Crippen LogP contribution in [0.2, 0.25) is 0 Å². The van der Waals surface area contributed by atoms with Gasteiger partial charge in [0.2, 0.25) is 0 Å². The maximum Gasteiger partial charge on any atom is 0.0462 e. The number of rotatable bonds is 3. The summed E-state index contributed by atoms with van der Waals surface area (Å²) in [5, 5.41) is 11.0. The topological polar surface area (TPSA) is 40.1 Å². The lowest BCUT2D eigenvalue weighted by Gasteiger charge is -2.02. The van der Waals surface area contributed by atoms with Gasteiger partial charge in [-0.3, -0.25) is 0 Å². The Morgan fingerprint density at radius 3 is 2.40 bits per heavy atom. The van der Waals surface area contributed by atoms with Gasteiger partial charge in [-0.1, -0.05) is 32.0 Å². The van der Waals surface area contributed by atoms with Gasteiger partial charge in [-0.25, -0.2) is 0 Å². The Hall–Kier alpha value is -0.960. The van der Waals surface area contributed by atoms with Crippen LogP contribution in [0.25, 0.3) is 0 Å². The maximum atomic E-state index is 10.9. The summed E-state index contributed by atoms with van der Waals surface area (Å²) in [6, 6.07) is 9.90. The van der Waals surface area contributed by atoms with E-state index in [-0.39, 0.29) is 16.6 Å². The molecule has 80 valence electrons. The molecule has 0 radical (unpaired) electrons. The van der Waals surface area contributed by atoms with Crippen molar-refractivity contribution < 1.29 is 9.90 Å². The van der Waals surface area contributed by atoms with Crippen molar-refractivity contribution in [3.8, 4) is 0 Å². The smallest absolute Gasteiger partial charge is 0.0462 e. The molecular formula is C12H13O2S-. The zero-order valence-corrected chi connectivity index (χ0v) is 9.58. The van der Waals surface area contributed by atoms with Crippen LogP contribution in [0, 0.1) is 11.3 Å². The molecule has 0 N–H and O–H groups in total. The molecule has 0 bridgehead atoms. The molecule has 0 aliphatic heterocycles. The summed E-state index contributed by atoms with van der Waals surface area (Å²) in [7, 11) is 0. The molecule has 1 aromatic carbocycles. The number of hydrogen-bond donors (Lipinski definition) is 0. The van der Waals surface area contributed by atoms with Crippen LogP contribution in [0.4, 0.5) is 0 Å². The number of aliphatic carboxylic acids is 1. The number of benzene rings is 1. The number of carbonyl (C=O) groups is 1. The van der Waals surface area contributed by atoms with E-state index in [0.717, 1.165) is 4.90 Å². The van der Waals surface area contributed by atoms with E-state index in [0.29, 0.717) is 0 Å². The first kappa shape index (κ1) is 10.6. The van der Waals surface area contributed by atoms with E-state index in [9.17, 15) is 9.90 Å². The van der Waals surface area contributed by atoms with Crippen LogP contribution >= 0.6 is 11.8 Å². The van der Waals surface area contributed by atoms with E-state index in [1.807, 2.05) is 44.2 Å². The first-order valence-corrected chi connectivity index (χ1v) is 5.84. The highest BCUT2D eigenvalue weighted by molar-refractivity contribution is 8.00. The van der Waals surface area contributed by atoms with Gasteiger partial charge in [0.1, 0.15) is 0 Å². The maximum absolute atomic E-state index is 10.9. The van der Waals surface area contributed by atoms with E-state index in [4.69, 9.17) is 0 Å². The number of carbonyl (C=O) groups excluding carboxylic acids is 1. The summed E-state index contributed by atoms with van der Waals surface area (Å²) in [4.78, 5) is 12.0. The number of carboxylic acids is 1. The predicted molar refractivity (Wildman–Crippen MR) is 58.4 cm³/mol. The minimum atomic E-state index is -0.923. The van der Waals surface area contributed by atoms with Crippen LogP contribution in [0.3, 0.4) is 0 Å². The van der Waals surface area contributed by atoms with Gasteiger partial charge in [0.05, 0.1) is 0 Å². The molecule has 1 aromatic rings. The molecule has 2 atom stereocenters. The van der Waals surface area contributed by atoms with E-state index < -0.39 is 5.97 Å². The van der Waals surface area contributed by atoms with Crippen molar-refractivity contribution in [3.63, 3.8) is 0 Å². The summed E-state index contributed by atoms with van der Waals surface area (Å²) in [6.07, 6.45) is 0. The third-order valence-corrected chi connectivity index (χ3v) is 4.67. The Kier molecular flexibility index (Phi) is 2.51. The molecule has 2 nitrogen and oxygen atoms in total. The van der Waals surface area contributed by atoms with Crippen LogP contribution in [0.5, 0.6) is 0 Å². The Morgan fingerprint density at radius 1 is 1.33 bits per heavy atom. The van der Waals surface area contributed by atoms with Crippen molar-refractivity contribution in [3.05, 3.63) is 30.3 Å². The molecule has 0 amide bonds. The second kappa shape index (κ2) is 3.56. The highest BCUT2D eigenvalue weighted by Gasteiger charge is 2.58. The van der Waals surface area contributed by atoms with Gasteiger partial charge in [-0.15, -0.1) is 11.8 Å². The van der Waals surface area contributed by atoms with Gasteiger partial charge in [-0.05, 0) is 17.5 Å². The molecular weight excluding hydrogens is 208 g/mol. The van der Waals surface area contributed by atoms with Gasteiger partial charge >= 0.3 is 0 Å². The number of hydrogen-bond acceptors (Lipinski definition) is 3. The molecule has 0 saturated heterocycles. The summed E-state index contributed by atoms with van der Waals surface area (Å²) in [5.74, 6) is -1.24. The molecule has 0 heterocycles. The van der Waals surface area contributed by atoms with Gasteiger partial charge in [-0.2, -0.15) is 0 Å². The lowest BCUT2D eigenvalue weighted by atomic mass is 10.1. The standard InChI is InChI=1S/C12H14O2S/c1-12(2)9(11(13)14)10(12)15-8-6-4-3-5-7-8/h3-7,9-10H,1-2H3,(H,13,14)/p-1. The number of carboxylic acid groups (broad SMARTS) is 1. The van der Waals surface area contributed by atoms with Crippen LogP contribution in [-0.2, 0) is 4.79 Å². The highest BCUT2D eigenvalue weighted by atomic mass is 32.2. The molecule has 15 heavy (non-hydrogen) atoms. The second-order valence-electron chi connectivity index (χ2n) is 4.47. The van der Waals surface area contributed by atoms with Crippen molar-refractivity contribution >= 4 is 17.7 Å².